The first-order valence-electron chi connectivity index (χ1n) is 13.6. The number of rotatable bonds is 5. The van der Waals surface area contributed by atoms with Gasteiger partial charge in [-0.05, 0) is 75.6 Å². The van der Waals surface area contributed by atoms with Gasteiger partial charge in [0.15, 0.2) is 0 Å². The molecule has 0 bridgehead atoms. The standard InChI is InChI=1S/C28H36F3N5O2/c1-19-2-3-24(33-17-19)27(38)10-4-22(5-11-27)34-23-9-15-36(18-23)26(37)20-7-13-35(14-8-20)25-16-21(6-12-32-25)28(29,30)31/h2-3,6,12,16-17,20,22-23,34,38H,4-5,7-11,13-15,18H2,1H3. The van der Waals surface area contributed by atoms with E-state index in [1.54, 1.807) is 6.20 Å². The second-order valence-electron chi connectivity index (χ2n) is 11.1. The first-order valence-corrected chi connectivity index (χ1v) is 13.6. The maximum Gasteiger partial charge on any atom is 0.416 e. The molecule has 7 nitrogen and oxygen atoms in total. The zero-order valence-corrected chi connectivity index (χ0v) is 21.8. The summed E-state index contributed by atoms with van der Waals surface area (Å²) < 4.78 is 39.2. The minimum atomic E-state index is -4.40. The van der Waals surface area contributed by atoms with E-state index in [1.807, 2.05) is 28.9 Å². The highest BCUT2D eigenvalue weighted by molar-refractivity contribution is 5.79. The van der Waals surface area contributed by atoms with Crippen molar-refractivity contribution in [3.63, 3.8) is 0 Å². The molecule has 206 valence electrons. The topological polar surface area (TPSA) is 81.6 Å². The van der Waals surface area contributed by atoms with Crippen LogP contribution in [0.15, 0.2) is 36.7 Å². The highest BCUT2D eigenvalue weighted by atomic mass is 19.4. The van der Waals surface area contributed by atoms with Crippen LogP contribution in [0.5, 0.6) is 0 Å². The fourth-order valence-electron chi connectivity index (χ4n) is 6.07. The number of piperidine rings is 1. The van der Waals surface area contributed by atoms with Crippen LogP contribution in [0.4, 0.5) is 19.0 Å². The lowest BCUT2D eigenvalue weighted by Gasteiger charge is -2.37. The number of hydrogen-bond acceptors (Lipinski definition) is 6. The number of likely N-dealkylation sites (tertiary alicyclic amines) is 1. The summed E-state index contributed by atoms with van der Waals surface area (Å²) in [6.07, 6.45) is 3.76. The number of aryl methyl sites for hydroxylation is 1. The van der Waals surface area contributed by atoms with Gasteiger partial charge in [0, 0.05) is 56.6 Å². The van der Waals surface area contributed by atoms with Crippen molar-refractivity contribution in [3.05, 3.63) is 53.5 Å². The quantitative estimate of drug-likeness (QED) is 0.606. The number of pyridine rings is 2. The average molecular weight is 532 g/mol. The molecule has 1 unspecified atom stereocenters. The molecule has 1 amide bonds. The van der Waals surface area contributed by atoms with Gasteiger partial charge in [0.25, 0.3) is 0 Å². The van der Waals surface area contributed by atoms with E-state index in [1.165, 1.54) is 6.20 Å². The summed E-state index contributed by atoms with van der Waals surface area (Å²) in [6.45, 7) is 4.41. The van der Waals surface area contributed by atoms with Crippen molar-refractivity contribution in [2.24, 2.45) is 5.92 Å². The summed E-state index contributed by atoms with van der Waals surface area (Å²) in [5, 5.41) is 14.8. The lowest BCUT2D eigenvalue weighted by Crippen LogP contribution is -2.46. The summed E-state index contributed by atoms with van der Waals surface area (Å²) >= 11 is 0. The summed E-state index contributed by atoms with van der Waals surface area (Å²) in [6, 6.07) is 6.52. The third-order valence-electron chi connectivity index (χ3n) is 8.41. The van der Waals surface area contributed by atoms with E-state index in [0.717, 1.165) is 49.2 Å². The third-order valence-corrected chi connectivity index (χ3v) is 8.41. The molecule has 1 atom stereocenters. The Bertz CT molecular complexity index is 1110. The van der Waals surface area contributed by atoms with E-state index < -0.39 is 17.3 Å². The van der Waals surface area contributed by atoms with Crippen LogP contribution in [0.3, 0.4) is 0 Å². The maximum atomic E-state index is 13.2. The highest BCUT2D eigenvalue weighted by Crippen LogP contribution is 2.37. The molecule has 0 aromatic carbocycles. The van der Waals surface area contributed by atoms with Crippen LogP contribution in [0.1, 0.15) is 61.8 Å². The SMILES string of the molecule is Cc1ccc(C2(O)CCC(NC3CCN(C(=O)C4CCN(c5cc(C(F)(F)F)ccn5)CC4)C3)CC2)nc1. The first kappa shape index (κ1) is 26.9. The van der Waals surface area contributed by atoms with Crippen LogP contribution in [-0.2, 0) is 16.6 Å². The van der Waals surface area contributed by atoms with Gasteiger partial charge >= 0.3 is 6.18 Å². The number of aliphatic hydroxyl groups is 1. The molecule has 5 rings (SSSR count). The molecule has 0 radical (unpaired) electrons. The van der Waals surface area contributed by atoms with Crippen molar-refractivity contribution in [1.82, 2.24) is 20.2 Å². The number of anilines is 1. The van der Waals surface area contributed by atoms with E-state index in [-0.39, 0.29) is 17.9 Å². The van der Waals surface area contributed by atoms with Gasteiger partial charge in [-0.2, -0.15) is 13.2 Å². The van der Waals surface area contributed by atoms with Crippen molar-refractivity contribution in [1.29, 1.82) is 0 Å². The minimum absolute atomic E-state index is 0.109. The van der Waals surface area contributed by atoms with Crippen LogP contribution in [0.25, 0.3) is 0 Å². The van der Waals surface area contributed by atoms with Gasteiger partial charge < -0.3 is 20.2 Å². The molecule has 4 heterocycles. The third kappa shape index (κ3) is 5.96. The Kier molecular flexibility index (Phi) is 7.64. The normalized spacial score (nSPS) is 27.1. The fourth-order valence-corrected chi connectivity index (χ4v) is 6.07. The van der Waals surface area contributed by atoms with Crippen molar-refractivity contribution in [2.75, 3.05) is 31.1 Å². The number of carbonyl (C=O) groups is 1. The zero-order valence-electron chi connectivity index (χ0n) is 21.8. The molecule has 1 saturated carbocycles. The number of carbonyl (C=O) groups excluding carboxylic acids is 1. The lowest BCUT2D eigenvalue weighted by molar-refractivity contribution is -0.137. The molecule has 2 aromatic heterocycles. The number of alkyl halides is 3. The summed E-state index contributed by atoms with van der Waals surface area (Å²) in [4.78, 5) is 25.6. The highest BCUT2D eigenvalue weighted by Gasteiger charge is 2.38. The lowest BCUT2D eigenvalue weighted by atomic mass is 9.79. The molecule has 2 N–H and O–H groups in total. The van der Waals surface area contributed by atoms with Crippen LogP contribution < -0.4 is 10.2 Å². The smallest absolute Gasteiger partial charge is 0.384 e. The zero-order chi connectivity index (χ0) is 26.9. The van der Waals surface area contributed by atoms with Gasteiger partial charge in [0.1, 0.15) is 11.4 Å². The predicted molar refractivity (Wildman–Crippen MR) is 137 cm³/mol. The Balaban J connectivity index is 1.07. The van der Waals surface area contributed by atoms with E-state index in [4.69, 9.17) is 0 Å². The Labute approximate surface area is 221 Å². The molecular formula is C28H36F3N5O2. The Morgan fingerprint density at radius 1 is 1.03 bits per heavy atom. The molecule has 3 fully saturated rings. The van der Waals surface area contributed by atoms with Crippen LogP contribution in [0, 0.1) is 12.8 Å². The molecule has 10 heteroatoms. The van der Waals surface area contributed by atoms with Gasteiger partial charge in [0.2, 0.25) is 5.91 Å². The molecule has 2 saturated heterocycles. The second kappa shape index (κ2) is 10.8. The van der Waals surface area contributed by atoms with Gasteiger partial charge in [-0.3, -0.25) is 9.78 Å². The van der Waals surface area contributed by atoms with Crippen molar-refractivity contribution in [2.45, 2.75) is 75.7 Å². The van der Waals surface area contributed by atoms with Crippen molar-refractivity contribution in [3.8, 4) is 0 Å². The number of halogens is 3. The fraction of sp³-hybridized carbons (Fsp3) is 0.607. The molecule has 2 aliphatic heterocycles. The van der Waals surface area contributed by atoms with Gasteiger partial charge in [-0.1, -0.05) is 6.07 Å². The minimum Gasteiger partial charge on any atom is -0.384 e. The molecule has 0 spiro atoms. The molecule has 1 aliphatic carbocycles. The Morgan fingerprint density at radius 2 is 1.76 bits per heavy atom. The predicted octanol–water partition coefficient (Wildman–Crippen LogP) is 4.04. The van der Waals surface area contributed by atoms with Gasteiger partial charge in [-0.15, -0.1) is 0 Å². The van der Waals surface area contributed by atoms with E-state index in [2.05, 4.69) is 15.3 Å². The maximum absolute atomic E-state index is 13.2. The van der Waals surface area contributed by atoms with Crippen LogP contribution >= 0.6 is 0 Å². The molecule has 3 aliphatic rings. The average Bonchev–Trinajstić information content (AvgIpc) is 3.38. The molecule has 2 aromatic rings. The summed E-state index contributed by atoms with van der Waals surface area (Å²) in [7, 11) is 0. The number of amides is 1. The number of nitrogens with one attached hydrogen (secondary N) is 1. The second-order valence-corrected chi connectivity index (χ2v) is 11.1. The largest absolute Gasteiger partial charge is 0.416 e. The van der Waals surface area contributed by atoms with Gasteiger partial charge in [0.05, 0.1) is 11.3 Å². The summed E-state index contributed by atoms with van der Waals surface area (Å²) in [5.74, 6) is 0.352. The van der Waals surface area contributed by atoms with E-state index in [9.17, 15) is 23.1 Å². The number of nitrogens with zero attached hydrogens (tertiary/aromatic N) is 4. The number of hydrogen-bond donors (Lipinski definition) is 2. The van der Waals surface area contributed by atoms with Crippen LogP contribution in [-0.4, -0.2) is 64.1 Å². The molecular weight excluding hydrogens is 495 g/mol. The van der Waals surface area contributed by atoms with E-state index >= 15 is 0 Å². The van der Waals surface area contributed by atoms with E-state index in [0.29, 0.717) is 57.2 Å². The molecule has 38 heavy (non-hydrogen) atoms. The van der Waals surface area contributed by atoms with Crippen molar-refractivity contribution >= 4 is 11.7 Å². The van der Waals surface area contributed by atoms with Crippen molar-refractivity contribution < 1.29 is 23.1 Å². The van der Waals surface area contributed by atoms with Gasteiger partial charge in [-0.25, -0.2) is 4.98 Å². The first-order chi connectivity index (χ1) is 18.1. The monoisotopic (exact) mass is 531 g/mol. The number of aromatic nitrogens is 2. The Morgan fingerprint density at radius 3 is 2.42 bits per heavy atom. The summed E-state index contributed by atoms with van der Waals surface area (Å²) in [5.41, 5.74) is 0.244. The van der Waals surface area contributed by atoms with Crippen LogP contribution in [0.2, 0.25) is 0 Å². The Hall–Kier alpha value is -2.72.